The van der Waals surface area contributed by atoms with Crippen molar-refractivity contribution in [1.82, 2.24) is 0 Å². The van der Waals surface area contributed by atoms with Crippen molar-refractivity contribution in [2.45, 2.75) is 26.7 Å². The van der Waals surface area contributed by atoms with Crippen LogP contribution in [0.15, 0.2) is 72.8 Å². The van der Waals surface area contributed by atoms with Gasteiger partial charge in [-0.1, -0.05) is 36.8 Å². The molecule has 0 spiro atoms. The largest absolute Gasteiger partial charge is 0.457 e. The molecule has 0 unspecified atom stereocenters. The van der Waals surface area contributed by atoms with E-state index in [4.69, 9.17) is 4.74 Å². The van der Waals surface area contributed by atoms with Crippen molar-refractivity contribution >= 4 is 23.2 Å². The van der Waals surface area contributed by atoms with Gasteiger partial charge in [-0.15, -0.1) is 0 Å². The number of nitrogens with zero attached hydrogens (tertiary/aromatic N) is 1. The highest BCUT2D eigenvalue weighted by Crippen LogP contribution is 2.27. The Balaban J connectivity index is 1.35. The van der Waals surface area contributed by atoms with Crippen molar-refractivity contribution in [2.75, 3.05) is 16.8 Å². The normalized spacial score (nSPS) is 15.7. The lowest BCUT2D eigenvalue weighted by atomic mass is 10.1. The second-order valence-corrected chi connectivity index (χ2v) is 7.85. The number of aryl methyl sites for hydroxylation is 2. The minimum atomic E-state index is -0.373. The SMILES string of the molecule is CCc1ccc(N2C[C@@H](C(=O)Nc3ccc(Oc4ccc(C)cc4)cc3)CC2=O)cc1. The van der Waals surface area contributed by atoms with Crippen molar-refractivity contribution in [2.24, 2.45) is 5.92 Å². The second-order valence-electron chi connectivity index (χ2n) is 7.85. The molecule has 1 fully saturated rings. The fourth-order valence-corrected chi connectivity index (χ4v) is 3.64. The van der Waals surface area contributed by atoms with E-state index in [9.17, 15) is 9.59 Å². The topological polar surface area (TPSA) is 58.6 Å². The van der Waals surface area contributed by atoms with Crippen LogP contribution in [0.3, 0.4) is 0 Å². The van der Waals surface area contributed by atoms with Crippen molar-refractivity contribution in [1.29, 1.82) is 0 Å². The first kappa shape index (κ1) is 20.7. The number of anilines is 2. The van der Waals surface area contributed by atoms with Crippen molar-refractivity contribution in [3.63, 3.8) is 0 Å². The third kappa shape index (κ3) is 4.94. The molecule has 31 heavy (non-hydrogen) atoms. The van der Waals surface area contributed by atoms with E-state index in [2.05, 4.69) is 12.2 Å². The number of hydrogen-bond acceptors (Lipinski definition) is 3. The number of rotatable bonds is 6. The first-order chi connectivity index (χ1) is 15.0. The summed E-state index contributed by atoms with van der Waals surface area (Å²) in [6.07, 6.45) is 1.17. The van der Waals surface area contributed by atoms with E-state index in [-0.39, 0.29) is 24.2 Å². The molecule has 1 saturated heterocycles. The lowest BCUT2D eigenvalue weighted by Gasteiger charge is -2.17. The lowest BCUT2D eigenvalue weighted by molar-refractivity contribution is -0.122. The molecule has 1 aliphatic heterocycles. The standard InChI is InChI=1S/C26H26N2O3/c1-3-19-6-10-22(11-7-19)28-17-20(16-25(28)29)26(30)27-21-8-14-24(15-9-21)31-23-12-4-18(2)5-13-23/h4-15,20H,3,16-17H2,1-2H3,(H,27,30)/t20-/m0/s1. The first-order valence-electron chi connectivity index (χ1n) is 10.6. The van der Waals surface area contributed by atoms with Gasteiger partial charge < -0.3 is 15.0 Å². The van der Waals surface area contributed by atoms with Crippen molar-refractivity contribution in [3.05, 3.63) is 83.9 Å². The van der Waals surface area contributed by atoms with Gasteiger partial charge >= 0.3 is 0 Å². The third-order valence-electron chi connectivity index (χ3n) is 5.53. The van der Waals surface area contributed by atoms with Crippen LogP contribution < -0.4 is 15.0 Å². The highest BCUT2D eigenvalue weighted by Gasteiger charge is 2.35. The molecule has 3 aromatic rings. The third-order valence-corrected chi connectivity index (χ3v) is 5.53. The monoisotopic (exact) mass is 414 g/mol. The molecule has 1 N–H and O–H groups in total. The number of ether oxygens (including phenoxy) is 1. The van der Waals surface area contributed by atoms with Gasteiger partial charge in [0.25, 0.3) is 0 Å². The van der Waals surface area contributed by atoms with Gasteiger partial charge in [0, 0.05) is 24.3 Å². The average molecular weight is 415 g/mol. The molecule has 0 radical (unpaired) electrons. The highest BCUT2D eigenvalue weighted by molar-refractivity contribution is 6.03. The van der Waals surface area contributed by atoms with Gasteiger partial charge in [0.05, 0.1) is 5.92 Å². The molecule has 0 aromatic heterocycles. The molecule has 5 heteroatoms. The Morgan fingerprint density at radius 1 is 0.968 bits per heavy atom. The van der Waals surface area contributed by atoms with Gasteiger partial charge in [-0.25, -0.2) is 0 Å². The van der Waals surface area contributed by atoms with Gasteiger partial charge in [-0.2, -0.15) is 0 Å². The summed E-state index contributed by atoms with van der Waals surface area (Å²) in [5.41, 5.74) is 3.92. The molecule has 0 aliphatic carbocycles. The van der Waals surface area contributed by atoms with E-state index in [0.29, 0.717) is 18.0 Å². The number of carbonyl (C=O) groups is 2. The van der Waals surface area contributed by atoms with Gasteiger partial charge in [0.1, 0.15) is 11.5 Å². The van der Waals surface area contributed by atoms with Crippen LogP contribution in [0.4, 0.5) is 11.4 Å². The lowest BCUT2D eigenvalue weighted by Crippen LogP contribution is -2.28. The quantitative estimate of drug-likeness (QED) is 0.592. The molecule has 158 valence electrons. The van der Waals surface area contributed by atoms with E-state index >= 15 is 0 Å². The minimum Gasteiger partial charge on any atom is -0.457 e. The van der Waals surface area contributed by atoms with Crippen LogP contribution in [-0.2, 0) is 16.0 Å². The van der Waals surface area contributed by atoms with Crippen LogP contribution in [-0.4, -0.2) is 18.4 Å². The maximum atomic E-state index is 12.7. The zero-order valence-corrected chi connectivity index (χ0v) is 17.8. The van der Waals surface area contributed by atoms with Gasteiger partial charge in [0.15, 0.2) is 0 Å². The highest BCUT2D eigenvalue weighted by atomic mass is 16.5. The van der Waals surface area contributed by atoms with E-state index in [0.717, 1.165) is 17.9 Å². The zero-order valence-electron chi connectivity index (χ0n) is 17.8. The number of amides is 2. The summed E-state index contributed by atoms with van der Waals surface area (Å²) in [6, 6.07) is 23.0. The Morgan fingerprint density at radius 2 is 1.58 bits per heavy atom. The van der Waals surface area contributed by atoms with Crippen molar-refractivity contribution in [3.8, 4) is 11.5 Å². The number of benzene rings is 3. The van der Waals surface area contributed by atoms with Crippen LogP contribution >= 0.6 is 0 Å². The zero-order chi connectivity index (χ0) is 21.8. The summed E-state index contributed by atoms with van der Waals surface area (Å²) in [5, 5.41) is 2.92. The molecular weight excluding hydrogens is 388 g/mol. The summed E-state index contributed by atoms with van der Waals surface area (Å²) in [4.78, 5) is 26.9. The van der Waals surface area contributed by atoms with Crippen LogP contribution in [0.1, 0.15) is 24.5 Å². The summed E-state index contributed by atoms with van der Waals surface area (Å²) in [7, 11) is 0. The molecule has 5 nitrogen and oxygen atoms in total. The molecule has 1 aliphatic rings. The number of hydrogen-bond donors (Lipinski definition) is 1. The number of carbonyl (C=O) groups excluding carboxylic acids is 2. The summed E-state index contributed by atoms with van der Waals surface area (Å²) >= 11 is 0. The predicted octanol–water partition coefficient (Wildman–Crippen LogP) is 5.34. The predicted molar refractivity (Wildman–Crippen MR) is 123 cm³/mol. The maximum Gasteiger partial charge on any atom is 0.229 e. The van der Waals surface area contributed by atoms with Crippen LogP contribution in [0.5, 0.6) is 11.5 Å². The molecule has 4 rings (SSSR count). The van der Waals surface area contributed by atoms with Crippen LogP contribution in [0.2, 0.25) is 0 Å². The fourth-order valence-electron chi connectivity index (χ4n) is 3.64. The van der Waals surface area contributed by atoms with E-state index in [1.807, 2.05) is 67.6 Å². The second kappa shape index (κ2) is 9.04. The Labute approximate surface area is 182 Å². The minimum absolute atomic E-state index is 0.0220. The summed E-state index contributed by atoms with van der Waals surface area (Å²) in [5.74, 6) is 0.917. The first-order valence-corrected chi connectivity index (χ1v) is 10.6. The van der Waals surface area contributed by atoms with Crippen molar-refractivity contribution < 1.29 is 14.3 Å². The van der Waals surface area contributed by atoms with Crippen LogP contribution in [0.25, 0.3) is 0 Å². The van der Waals surface area contributed by atoms with E-state index in [1.54, 1.807) is 17.0 Å². The molecular formula is C26H26N2O3. The fraction of sp³-hybridized carbons (Fsp3) is 0.231. The van der Waals surface area contributed by atoms with Gasteiger partial charge in [-0.05, 0) is 67.4 Å². The smallest absolute Gasteiger partial charge is 0.229 e. The van der Waals surface area contributed by atoms with Gasteiger partial charge in [-0.3, -0.25) is 9.59 Å². The Kier molecular flexibility index (Phi) is 6.03. The molecule has 0 bridgehead atoms. The average Bonchev–Trinajstić information content (AvgIpc) is 3.18. The molecule has 2 amide bonds. The maximum absolute atomic E-state index is 12.7. The molecule has 3 aromatic carbocycles. The van der Waals surface area contributed by atoms with E-state index < -0.39 is 0 Å². The van der Waals surface area contributed by atoms with E-state index in [1.165, 1.54) is 11.1 Å². The summed E-state index contributed by atoms with van der Waals surface area (Å²) in [6.45, 7) is 4.52. The molecule has 1 atom stereocenters. The Hall–Kier alpha value is -3.60. The summed E-state index contributed by atoms with van der Waals surface area (Å²) < 4.78 is 5.82. The Bertz CT molecular complexity index is 1060. The number of nitrogens with one attached hydrogen (secondary N) is 1. The Morgan fingerprint density at radius 3 is 2.19 bits per heavy atom. The van der Waals surface area contributed by atoms with Crippen LogP contribution in [0, 0.1) is 12.8 Å². The van der Waals surface area contributed by atoms with Gasteiger partial charge in [0.2, 0.25) is 11.8 Å². The molecule has 1 heterocycles. The molecule has 0 saturated carbocycles.